The second-order valence-electron chi connectivity index (χ2n) is 3.54. The highest BCUT2D eigenvalue weighted by molar-refractivity contribution is 7.16. The van der Waals surface area contributed by atoms with Gasteiger partial charge < -0.3 is 5.32 Å². The molecular weight excluding hydrogens is 202 g/mol. The van der Waals surface area contributed by atoms with Crippen molar-refractivity contribution >= 4 is 22.9 Å². The zero-order valence-corrected chi connectivity index (χ0v) is 9.13. The van der Waals surface area contributed by atoms with Crippen LogP contribution in [0.2, 0.25) is 4.34 Å². The first-order chi connectivity index (χ1) is 6.34. The Bertz CT molecular complexity index is 268. The Morgan fingerprint density at radius 2 is 2.31 bits per heavy atom. The number of rotatable bonds is 4. The lowest BCUT2D eigenvalue weighted by atomic mass is 9.93. The first-order valence-electron chi connectivity index (χ1n) is 4.82. The molecule has 0 radical (unpaired) electrons. The van der Waals surface area contributed by atoms with Gasteiger partial charge in [0.15, 0.2) is 0 Å². The van der Waals surface area contributed by atoms with E-state index in [0.29, 0.717) is 0 Å². The van der Waals surface area contributed by atoms with Crippen LogP contribution in [0.15, 0.2) is 12.1 Å². The van der Waals surface area contributed by atoms with E-state index in [1.807, 2.05) is 6.07 Å². The maximum Gasteiger partial charge on any atom is 0.0931 e. The minimum absolute atomic E-state index is 0.801. The van der Waals surface area contributed by atoms with Gasteiger partial charge in [0.1, 0.15) is 0 Å². The van der Waals surface area contributed by atoms with Crippen LogP contribution in [-0.4, -0.2) is 12.6 Å². The Balaban J connectivity index is 1.67. The summed E-state index contributed by atoms with van der Waals surface area (Å²) in [6, 6.07) is 4.90. The summed E-state index contributed by atoms with van der Waals surface area (Å²) in [6.45, 7) is 1.10. The molecule has 0 spiro atoms. The molecule has 0 saturated heterocycles. The van der Waals surface area contributed by atoms with Gasteiger partial charge in [-0.15, -0.1) is 11.3 Å². The van der Waals surface area contributed by atoms with Crippen LogP contribution in [0.25, 0.3) is 0 Å². The third-order valence-electron chi connectivity index (χ3n) is 2.54. The molecule has 3 heteroatoms. The zero-order chi connectivity index (χ0) is 9.10. The number of nitrogens with one attached hydrogen (secondary N) is 1. The van der Waals surface area contributed by atoms with Crippen molar-refractivity contribution in [2.75, 3.05) is 6.54 Å². The molecule has 0 aromatic carbocycles. The fourth-order valence-electron chi connectivity index (χ4n) is 1.50. The summed E-state index contributed by atoms with van der Waals surface area (Å²) in [7, 11) is 0. The lowest BCUT2D eigenvalue weighted by Crippen LogP contribution is -2.36. The van der Waals surface area contributed by atoms with Crippen molar-refractivity contribution in [1.82, 2.24) is 5.32 Å². The van der Waals surface area contributed by atoms with Crippen LogP contribution >= 0.6 is 22.9 Å². The first kappa shape index (κ1) is 9.50. The average molecular weight is 216 g/mol. The predicted molar refractivity (Wildman–Crippen MR) is 58.7 cm³/mol. The van der Waals surface area contributed by atoms with Gasteiger partial charge in [0.2, 0.25) is 0 Å². The van der Waals surface area contributed by atoms with E-state index in [-0.39, 0.29) is 0 Å². The summed E-state index contributed by atoms with van der Waals surface area (Å²) in [5.41, 5.74) is 0. The maximum atomic E-state index is 5.84. The smallest absolute Gasteiger partial charge is 0.0931 e. The van der Waals surface area contributed by atoms with Crippen molar-refractivity contribution in [3.8, 4) is 0 Å². The van der Waals surface area contributed by atoms with Crippen molar-refractivity contribution in [3.63, 3.8) is 0 Å². The molecule has 1 aliphatic rings. The van der Waals surface area contributed by atoms with Crippen molar-refractivity contribution < 1.29 is 0 Å². The highest BCUT2D eigenvalue weighted by Gasteiger charge is 2.15. The lowest BCUT2D eigenvalue weighted by molar-refractivity contribution is 0.342. The molecule has 1 N–H and O–H groups in total. The second kappa shape index (κ2) is 4.45. The second-order valence-corrected chi connectivity index (χ2v) is 5.34. The normalized spacial score (nSPS) is 17.3. The van der Waals surface area contributed by atoms with Crippen molar-refractivity contribution in [3.05, 3.63) is 21.3 Å². The molecule has 1 heterocycles. The van der Waals surface area contributed by atoms with E-state index in [1.54, 1.807) is 11.3 Å². The molecule has 0 atom stereocenters. The van der Waals surface area contributed by atoms with Gasteiger partial charge in [0.25, 0.3) is 0 Å². The summed E-state index contributed by atoms with van der Waals surface area (Å²) in [5.74, 6) is 0. The van der Waals surface area contributed by atoms with Gasteiger partial charge in [-0.25, -0.2) is 0 Å². The Labute approximate surface area is 88.1 Å². The van der Waals surface area contributed by atoms with Gasteiger partial charge in [0, 0.05) is 17.5 Å². The Morgan fingerprint density at radius 3 is 2.85 bits per heavy atom. The highest BCUT2D eigenvalue weighted by atomic mass is 35.5. The quantitative estimate of drug-likeness (QED) is 0.814. The number of thiophene rings is 1. The monoisotopic (exact) mass is 215 g/mol. The zero-order valence-electron chi connectivity index (χ0n) is 7.55. The largest absolute Gasteiger partial charge is 0.314 e. The van der Waals surface area contributed by atoms with E-state index in [4.69, 9.17) is 11.6 Å². The SMILES string of the molecule is Clc1ccc(CCNC2CCC2)s1. The molecule has 1 nitrogen and oxygen atoms in total. The van der Waals surface area contributed by atoms with Crippen LogP contribution < -0.4 is 5.32 Å². The Morgan fingerprint density at radius 1 is 1.46 bits per heavy atom. The summed E-state index contributed by atoms with van der Waals surface area (Å²) in [5, 5.41) is 3.54. The molecule has 13 heavy (non-hydrogen) atoms. The van der Waals surface area contributed by atoms with E-state index in [9.17, 15) is 0 Å². The van der Waals surface area contributed by atoms with E-state index in [0.717, 1.165) is 23.3 Å². The van der Waals surface area contributed by atoms with Crippen LogP contribution in [-0.2, 0) is 6.42 Å². The van der Waals surface area contributed by atoms with Crippen LogP contribution in [0.1, 0.15) is 24.1 Å². The van der Waals surface area contributed by atoms with Crippen molar-refractivity contribution in [2.24, 2.45) is 0 Å². The molecule has 1 aromatic heterocycles. The predicted octanol–water partition coefficient (Wildman–Crippen LogP) is 3.09. The molecule has 2 rings (SSSR count). The van der Waals surface area contributed by atoms with Gasteiger partial charge in [-0.3, -0.25) is 0 Å². The van der Waals surface area contributed by atoms with E-state index in [1.165, 1.54) is 24.1 Å². The molecule has 1 saturated carbocycles. The van der Waals surface area contributed by atoms with Crippen LogP contribution in [0.5, 0.6) is 0 Å². The summed E-state index contributed by atoms with van der Waals surface area (Å²) >= 11 is 7.53. The molecule has 1 aromatic rings. The van der Waals surface area contributed by atoms with Crippen LogP contribution in [0, 0.1) is 0 Å². The molecule has 0 amide bonds. The topological polar surface area (TPSA) is 12.0 Å². The van der Waals surface area contributed by atoms with Crippen molar-refractivity contribution in [1.29, 1.82) is 0 Å². The summed E-state index contributed by atoms with van der Waals surface area (Å²) < 4.78 is 0.902. The van der Waals surface area contributed by atoms with Crippen molar-refractivity contribution in [2.45, 2.75) is 31.7 Å². The van der Waals surface area contributed by atoms with Gasteiger partial charge in [-0.1, -0.05) is 18.0 Å². The highest BCUT2D eigenvalue weighted by Crippen LogP contribution is 2.22. The fraction of sp³-hybridized carbons (Fsp3) is 0.600. The average Bonchev–Trinajstić information content (AvgIpc) is 2.42. The summed E-state index contributed by atoms with van der Waals surface area (Å²) in [6.07, 6.45) is 5.26. The molecule has 0 aliphatic heterocycles. The number of hydrogen-bond donors (Lipinski definition) is 1. The van der Waals surface area contributed by atoms with Gasteiger partial charge >= 0.3 is 0 Å². The molecule has 1 aliphatic carbocycles. The summed E-state index contributed by atoms with van der Waals surface area (Å²) in [4.78, 5) is 1.39. The standard InChI is InChI=1S/C10H14ClNS/c11-10-5-4-9(13-10)6-7-12-8-2-1-3-8/h4-5,8,12H,1-3,6-7H2. The molecule has 1 fully saturated rings. The molecule has 0 bridgehead atoms. The third kappa shape index (κ3) is 2.70. The van der Waals surface area contributed by atoms with Gasteiger partial charge in [0.05, 0.1) is 4.34 Å². The Hall–Kier alpha value is -0.0500. The molecular formula is C10H14ClNS. The lowest BCUT2D eigenvalue weighted by Gasteiger charge is -2.26. The van der Waals surface area contributed by atoms with E-state index in [2.05, 4.69) is 11.4 Å². The third-order valence-corrected chi connectivity index (χ3v) is 3.83. The maximum absolute atomic E-state index is 5.84. The minimum Gasteiger partial charge on any atom is -0.314 e. The Kier molecular flexibility index (Phi) is 3.25. The van der Waals surface area contributed by atoms with E-state index < -0.39 is 0 Å². The molecule has 0 unspecified atom stereocenters. The van der Waals surface area contributed by atoms with E-state index >= 15 is 0 Å². The van der Waals surface area contributed by atoms with Crippen LogP contribution in [0.4, 0.5) is 0 Å². The van der Waals surface area contributed by atoms with Gasteiger partial charge in [-0.05, 0) is 31.4 Å². The molecule has 72 valence electrons. The number of halogens is 1. The minimum atomic E-state index is 0.801. The number of hydrogen-bond acceptors (Lipinski definition) is 2. The van der Waals surface area contributed by atoms with Crippen LogP contribution in [0.3, 0.4) is 0 Å². The fourth-order valence-corrected chi connectivity index (χ4v) is 2.59. The van der Waals surface area contributed by atoms with Gasteiger partial charge in [-0.2, -0.15) is 0 Å². The first-order valence-corrected chi connectivity index (χ1v) is 6.01.